The van der Waals surface area contributed by atoms with Gasteiger partial charge in [0.2, 0.25) is 5.28 Å². The summed E-state index contributed by atoms with van der Waals surface area (Å²) >= 11 is 11.3. The molecule has 2 rings (SSSR count). The number of alkyl halides is 1. The molecule has 1 aromatic heterocycles. The van der Waals surface area contributed by atoms with Gasteiger partial charge in [0.05, 0.1) is 11.0 Å². The molecule has 0 unspecified atom stereocenters. The highest BCUT2D eigenvalue weighted by Gasteiger charge is 2.00. The summed E-state index contributed by atoms with van der Waals surface area (Å²) in [4.78, 5) is 6.98. The smallest absolute Gasteiger partial charge is 0.201 e. The molecule has 0 radical (unpaired) electrons. The van der Waals surface area contributed by atoms with Crippen LogP contribution in [0.3, 0.4) is 0 Å². The first-order valence-electron chi connectivity index (χ1n) is 3.50. The second-order valence-electron chi connectivity index (χ2n) is 2.51. The van der Waals surface area contributed by atoms with E-state index in [4.69, 9.17) is 23.2 Å². The summed E-state index contributed by atoms with van der Waals surface area (Å²) in [5.74, 6) is 0.507. The number of aromatic amines is 1. The van der Waals surface area contributed by atoms with Crippen molar-refractivity contribution in [2.75, 3.05) is 0 Å². The van der Waals surface area contributed by atoms with Crippen LogP contribution in [0.15, 0.2) is 18.2 Å². The number of hydrogen-bond donors (Lipinski definition) is 1. The Bertz CT molecular complexity index is 408. The Morgan fingerprint density at radius 3 is 3.00 bits per heavy atom. The molecule has 0 atom stereocenters. The number of H-pyrrole nitrogens is 1. The van der Waals surface area contributed by atoms with Crippen LogP contribution in [0.4, 0.5) is 0 Å². The molecule has 0 bridgehead atoms. The summed E-state index contributed by atoms with van der Waals surface area (Å²) in [5, 5.41) is 0.414. The van der Waals surface area contributed by atoms with Gasteiger partial charge in [-0.05, 0) is 29.3 Å². The standard InChI is InChI=1S/C8H6Cl2N2/c9-4-5-1-2-6-7(3-5)12-8(10)11-6/h1-3H,4H2,(H,11,12). The van der Waals surface area contributed by atoms with Gasteiger partial charge in [0, 0.05) is 5.88 Å². The van der Waals surface area contributed by atoms with Crippen molar-refractivity contribution in [3.05, 3.63) is 29.0 Å². The Balaban J connectivity index is 2.66. The van der Waals surface area contributed by atoms with Crippen LogP contribution in [0.2, 0.25) is 5.28 Å². The molecule has 12 heavy (non-hydrogen) atoms. The number of nitrogens with one attached hydrogen (secondary N) is 1. The maximum Gasteiger partial charge on any atom is 0.201 e. The van der Waals surface area contributed by atoms with Gasteiger partial charge in [-0.1, -0.05) is 6.07 Å². The Morgan fingerprint density at radius 2 is 2.25 bits per heavy atom. The highest BCUT2D eigenvalue weighted by atomic mass is 35.5. The number of imidazole rings is 1. The molecule has 0 aliphatic heterocycles. The zero-order valence-corrected chi connectivity index (χ0v) is 7.65. The van der Waals surface area contributed by atoms with E-state index in [9.17, 15) is 0 Å². The fourth-order valence-electron chi connectivity index (χ4n) is 1.11. The van der Waals surface area contributed by atoms with E-state index < -0.39 is 0 Å². The Morgan fingerprint density at radius 1 is 1.42 bits per heavy atom. The molecule has 0 spiro atoms. The highest BCUT2D eigenvalue weighted by Crippen LogP contribution is 2.16. The molecule has 1 heterocycles. The molecule has 0 amide bonds. The third-order valence-corrected chi connectivity index (χ3v) is 2.16. The molecule has 0 aliphatic carbocycles. The summed E-state index contributed by atoms with van der Waals surface area (Å²) in [6, 6.07) is 5.78. The largest absolute Gasteiger partial charge is 0.329 e. The second-order valence-corrected chi connectivity index (χ2v) is 3.14. The minimum absolute atomic E-state index is 0.414. The zero-order valence-electron chi connectivity index (χ0n) is 6.14. The summed E-state index contributed by atoms with van der Waals surface area (Å²) in [6.45, 7) is 0. The third-order valence-electron chi connectivity index (χ3n) is 1.67. The molecule has 2 aromatic rings. The van der Waals surface area contributed by atoms with Crippen molar-refractivity contribution < 1.29 is 0 Å². The van der Waals surface area contributed by atoms with Crippen molar-refractivity contribution >= 4 is 34.2 Å². The molecular formula is C8H6Cl2N2. The zero-order chi connectivity index (χ0) is 8.55. The van der Waals surface area contributed by atoms with Crippen molar-refractivity contribution in [1.82, 2.24) is 9.97 Å². The van der Waals surface area contributed by atoms with Crippen molar-refractivity contribution in [1.29, 1.82) is 0 Å². The van der Waals surface area contributed by atoms with Gasteiger partial charge in [0.25, 0.3) is 0 Å². The molecule has 4 heteroatoms. The summed E-state index contributed by atoms with van der Waals surface area (Å²) in [7, 11) is 0. The van der Waals surface area contributed by atoms with E-state index in [2.05, 4.69) is 9.97 Å². The molecular weight excluding hydrogens is 195 g/mol. The van der Waals surface area contributed by atoms with Crippen LogP contribution in [0.25, 0.3) is 11.0 Å². The lowest BCUT2D eigenvalue weighted by Crippen LogP contribution is -1.76. The van der Waals surface area contributed by atoms with Gasteiger partial charge >= 0.3 is 0 Å². The predicted molar refractivity (Wildman–Crippen MR) is 50.7 cm³/mol. The minimum Gasteiger partial charge on any atom is -0.329 e. The van der Waals surface area contributed by atoms with Crippen LogP contribution in [-0.2, 0) is 5.88 Å². The van der Waals surface area contributed by atoms with Gasteiger partial charge in [-0.25, -0.2) is 4.98 Å². The van der Waals surface area contributed by atoms with Crippen molar-refractivity contribution in [2.45, 2.75) is 5.88 Å². The van der Waals surface area contributed by atoms with E-state index in [0.29, 0.717) is 11.2 Å². The number of nitrogens with zero attached hydrogens (tertiary/aromatic N) is 1. The van der Waals surface area contributed by atoms with E-state index in [1.54, 1.807) is 0 Å². The Labute approximate surface area is 79.5 Å². The fourth-order valence-corrected chi connectivity index (χ4v) is 1.47. The van der Waals surface area contributed by atoms with Crippen LogP contribution in [-0.4, -0.2) is 9.97 Å². The van der Waals surface area contributed by atoms with Gasteiger partial charge in [0.15, 0.2) is 0 Å². The number of halogens is 2. The lowest BCUT2D eigenvalue weighted by Gasteiger charge is -1.92. The quantitative estimate of drug-likeness (QED) is 0.706. The summed E-state index contributed by atoms with van der Waals surface area (Å²) < 4.78 is 0. The monoisotopic (exact) mass is 200 g/mol. The molecule has 2 nitrogen and oxygen atoms in total. The van der Waals surface area contributed by atoms with E-state index in [1.165, 1.54) is 0 Å². The van der Waals surface area contributed by atoms with E-state index in [-0.39, 0.29) is 0 Å². The number of benzene rings is 1. The Kier molecular flexibility index (Phi) is 1.95. The van der Waals surface area contributed by atoms with Crippen molar-refractivity contribution in [3.63, 3.8) is 0 Å². The van der Waals surface area contributed by atoms with Crippen LogP contribution < -0.4 is 0 Å². The molecule has 0 aliphatic rings. The van der Waals surface area contributed by atoms with Gasteiger partial charge in [0.1, 0.15) is 0 Å². The van der Waals surface area contributed by atoms with Gasteiger partial charge in [-0.2, -0.15) is 0 Å². The van der Waals surface area contributed by atoms with Crippen molar-refractivity contribution in [2.24, 2.45) is 0 Å². The topological polar surface area (TPSA) is 28.7 Å². The summed E-state index contributed by atoms with van der Waals surface area (Å²) in [5.41, 5.74) is 2.86. The van der Waals surface area contributed by atoms with Gasteiger partial charge in [-0.3, -0.25) is 0 Å². The number of aromatic nitrogens is 2. The minimum atomic E-state index is 0.414. The van der Waals surface area contributed by atoms with E-state index in [1.807, 2.05) is 18.2 Å². The van der Waals surface area contributed by atoms with Gasteiger partial charge in [-0.15, -0.1) is 11.6 Å². The summed E-state index contributed by atoms with van der Waals surface area (Å²) in [6.07, 6.45) is 0. The first-order valence-corrected chi connectivity index (χ1v) is 4.41. The first kappa shape index (κ1) is 7.90. The predicted octanol–water partition coefficient (Wildman–Crippen LogP) is 2.96. The maximum absolute atomic E-state index is 5.68. The number of fused-ring (bicyclic) bond motifs is 1. The van der Waals surface area contributed by atoms with Crippen LogP contribution in [0.1, 0.15) is 5.56 Å². The third kappa shape index (κ3) is 1.28. The number of rotatable bonds is 1. The normalized spacial score (nSPS) is 10.8. The average Bonchev–Trinajstić information content (AvgIpc) is 2.43. The van der Waals surface area contributed by atoms with E-state index >= 15 is 0 Å². The Hall–Kier alpha value is -0.730. The van der Waals surface area contributed by atoms with Crippen LogP contribution >= 0.6 is 23.2 Å². The van der Waals surface area contributed by atoms with Crippen molar-refractivity contribution in [3.8, 4) is 0 Å². The fraction of sp³-hybridized carbons (Fsp3) is 0.125. The molecule has 0 saturated heterocycles. The lowest BCUT2D eigenvalue weighted by atomic mass is 10.2. The SMILES string of the molecule is ClCc1ccc2nc(Cl)[nH]c2c1. The first-order chi connectivity index (χ1) is 5.79. The molecule has 62 valence electrons. The van der Waals surface area contributed by atoms with Crippen LogP contribution in [0, 0.1) is 0 Å². The molecule has 1 N–H and O–H groups in total. The second kappa shape index (κ2) is 2.96. The maximum atomic E-state index is 5.68. The highest BCUT2D eigenvalue weighted by molar-refractivity contribution is 6.29. The number of hydrogen-bond acceptors (Lipinski definition) is 1. The van der Waals surface area contributed by atoms with Crippen LogP contribution in [0.5, 0.6) is 0 Å². The molecule has 0 saturated carbocycles. The molecule has 0 fully saturated rings. The molecule has 1 aromatic carbocycles. The van der Waals surface area contributed by atoms with Gasteiger partial charge < -0.3 is 4.98 Å². The van der Waals surface area contributed by atoms with E-state index in [0.717, 1.165) is 16.6 Å². The average molecular weight is 201 g/mol. The lowest BCUT2D eigenvalue weighted by molar-refractivity contribution is 1.34.